The zero-order chi connectivity index (χ0) is 14.5. The van der Waals surface area contributed by atoms with Gasteiger partial charge in [-0.25, -0.2) is 9.18 Å². The Labute approximate surface area is 113 Å². The van der Waals surface area contributed by atoms with E-state index in [1.54, 1.807) is 13.8 Å². The third-order valence-corrected chi connectivity index (χ3v) is 2.79. The van der Waals surface area contributed by atoms with Crippen molar-refractivity contribution in [2.45, 2.75) is 33.2 Å². The lowest BCUT2D eigenvalue weighted by Crippen LogP contribution is -2.49. The Kier molecular flexibility index (Phi) is 5.42. The van der Waals surface area contributed by atoms with Gasteiger partial charge in [-0.1, -0.05) is 13.8 Å². The van der Waals surface area contributed by atoms with Crippen molar-refractivity contribution in [2.24, 2.45) is 5.92 Å². The normalized spacial score (nSPS) is 14.2. The van der Waals surface area contributed by atoms with Crippen molar-refractivity contribution in [1.82, 2.24) is 10.3 Å². The fraction of sp³-hybridized carbons (Fsp3) is 0.571. The molecule has 0 aliphatic heterocycles. The van der Waals surface area contributed by atoms with Gasteiger partial charge in [-0.2, -0.15) is 0 Å². The highest BCUT2D eigenvalue weighted by Gasteiger charge is 2.37. The number of pyridine rings is 1. The maximum Gasteiger partial charge on any atom is 0.332 e. The Morgan fingerprint density at radius 3 is 2.68 bits per heavy atom. The molecule has 0 aliphatic carbocycles. The van der Waals surface area contributed by atoms with E-state index in [-0.39, 0.29) is 0 Å². The van der Waals surface area contributed by atoms with Crippen LogP contribution in [0.4, 0.5) is 4.39 Å². The van der Waals surface area contributed by atoms with E-state index in [1.807, 2.05) is 13.8 Å². The molecule has 0 aliphatic rings. The molecule has 1 aromatic rings. The molecule has 1 unspecified atom stereocenters. The predicted octanol–water partition coefficient (Wildman–Crippen LogP) is 2.24. The molecule has 1 N–H and O–H groups in total. The second-order valence-electron chi connectivity index (χ2n) is 4.98. The summed E-state index contributed by atoms with van der Waals surface area (Å²) in [6.07, 6.45) is 1.10. The molecule has 1 rings (SSSR count). The SMILES string of the molecule is CCOC(=O)C(C)(NCC(C)C)c1ccc(F)cn1. The molecule has 0 saturated heterocycles. The molecule has 0 saturated carbocycles. The van der Waals surface area contributed by atoms with Crippen LogP contribution < -0.4 is 5.32 Å². The molecule has 0 fully saturated rings. The van der Waals surface area contributed by atoms with Crippen molar-refractivity contribution < 1.29 is 13.9 Å². The minimum absolute atomic E-state index is 0.291. The number of ether oxygens (including phenoxy) is 1. The molecule has 0 aromatic carbocycles. The van der Waals surface area contributed by atoms with E-state index in [0.29, 0.717) is 24.8 Å². The van der Waals surface area contributed by atoms with Crippen LogP contribution in [0.2, 0.25) is 0 Å². The first-order valence-electron chi connectivity index (χ1n) is 6.44. The minimum atomic E-state index is -1.06. The first kappa shape index (κ1) is 15.6. The molecule has 0 amide bonds. The van der Waals surface area contributed by atoms with Gasteiger partial charge >= 0.3 is 5.97 Å². The lowest BCUT2D eigenvalue weighted by atomic mass is 9.96. The second kappa shape index (κ2) is 6.61. The minimum Gasteiger partial charge on any atom is -0.464 e. The van der Waals surface area contributed by atoms with Gasteiger partial charge in [0.25, 0.3) is 0 Å². The van der Waals surface area contributed by atoms with Crippen LogP contribution in [0.15, 0.2) is 18.3 Å². The summed E-state index contributed by atoms with van der Waals surface area (Å²) in [5, 5.41) is 3.16. The number of rotatable bonds is 6. The van der Waals surface area contributed by atoms with E-state index in [1.165, 1.54) is 12.1 Å². The molecule has 4 nitrogen and oxygen atoms in total. The summed E-state index contributed by atoms with van der Waals surface area (Å²) < 4.78 is 18.0. The zero-order valence-corrected chi connectivity index (χ0v) is 11.9. The number of esters is 1. The van der Waals surface area contributed by atoms with Crippen molar-refractivity contribution in [2.75, 3.05) is 13.2 Å². The van der Waals surface area contributed by atoms with E-state index in [0.717, 1.165) is 6.20 Å². The number of hydrogen-bond acceptors (Lipinski definition) is 4. The zero-order valence-electron chi connectivity index (χ0n) is 11.9. The van der Waals surface area contributed by atoms with Crippen LogP contribution in [-0.2, 0) is 15.1 Å². The third kappa shape index (κ3) is 3.99. The summed E-state index contributed by atoms with van der Waals surface area (Å²) in [5.74, 6) is -0.470. The molecule has 0 radical (unpaired) electrons. The van der Waals surface area contributed by atoms with E-state index in [9.17, 15) is 9.18 Å². The maximum atomic E-state index is 12.9. The van der Waals surface area contributed by atoms with Gasteiger partial charge in [0.1, 0.15) is 5.82 Å². The first-order valence-corrected chi connectivity index (χ1v) is 6.44. The monoisotopic (exact) mass is 268 g/mol. The number of halogens is 1. The number of nitrogens with zero attached hydrogens (tertiary/aromatic N) is 1. The molecule has 19 heavy (non-hydrogen) atoms. The van der Waals surface area contributed by atoms with Gasteiger partial charge in [0.2, 0.25) is 0 Å². The maximum absolute atomic E-state index is 12.9. The van der Waals surface area contributed by atoms with Crippen molar-refractivity contribution >= 4 is 5.97 Å². The summed E-state index contributed by atoms with van der Waals surface area (Å²) in [7, 11) is 0. The van der Waals surface area contributed by atoms with Crippen molar-refractivity contribution in [3.8, 4) is 0 Å². The van der Waals surface area contributed by atoms with Crippen molar-refractivity contribution in [1.29, 1.82) is 0 Å². The smallest absolute Gasteiger partial charge is 0.332 e. The molecule has 1 atom stereocenters. The fourth-order valence-electron chi connectivity index (χ4n) is 1.62. The van der Waals surface area contributed by atoms with E-state index in [2.05, 4.69) is 10.3 Å². The van der Waals surface area contributed by atoms with Gasteiger partial charge in [0.15, 0.2) is 5.54 Å². The summed E-state index contributed by atoms with van der Waals surface area (Å²) in [5.41, 5.74) is -0.610. The Hall–Kier alpha value is -1.49. The molecule has 1 aromatic heterocycles. The molecule has 5 heteroatoms. The fourth-order valence-corrected chi connectivity index (χ4v) is 1.62. The third-order valence-electron chi connectivity index (χ3n) is 2.79. The van der Waals surface area contributed by atoms with Crippen molar-refractivity contribution in [3.05, 3.63) is 29.8 Å². The average Bonchev–Trinajstić information content (AvgIpc) is 2.37. The Balaban J connectivity index is 3.03. The molecular formula is C14H21FN2O2. The van der Waals surface area contributed by atoms with Gasteiger partial charge < -0.3 is 4.74 Å². The number of aromatic nitrogens is 1. The molecular weight excluding hydrogens is 247 g/mol. The summed E-state index contributed by atoms with van der Waals surface area (Å²) in [4.78, 5) is 16.1. The van der Waals surface area contributed by atoms with Crippen LogP contribution in [0.3, 0.4) is 0 Å². The van der Waals surface area contributed by atoms with E-state index >= 15 is 0 Å². The van der Waals surface area contributed by atoms with Crippen LogP contribution >= 0.6 is 0 Å². The molecule has 1 heterocycles. The van der Waals surface area contributed by atoms with Crippen LogP contribution in [0.1, 0.15) is 33.4 Å². The van der Waals surface area contributed by atoms with Crippen LogP contribution in [0.5, 0.6) is 0 Å². The number of nitrogens with one attached hydrogen (secondary N) is 1. The van der Waals surface area contributed by atoms with E-state index < -0.39 is 17.3 Å². The van der Waals surface area contributed by atoms with E-state index in [4.69, 9.17) is 4.74 Å². The average molecular weight is 268 g/mol. The number of hydrogen-bond donors (Lipinski definition) is 1. The molecule has 106 valence electrons. The van der Waals surface area contributed by atoms with Crippen molar-refractivity contribution in [3.63, 3.8) is 0 Å². The lowest BCUT2D eigenvalue weighted by Gasteiger charge is -2.28. The standard InChI is InChI=1S/C14H21FN2O2/c1-5-19-13(18)14(4,17-8-10(2)3)12-7-6-11(15)9-16-12/h6-7,9-10,17H,5,8H2,1-4H3. The highest BCUT2D eigenvalue weighted by molar-refractivity contribution is 5.81. The molecule has 0 spiro atoms. The highest BCUT2D eigenvalue weighted by atomic mass is 19.1. The Morgan fingerprint density at radius 1 is 1.53 bits per heavy atom. The highest BCUT2D eigenvalue weighted by Crippen LogP contribution is 2.21. The van der Waals surface area contributed by atoms with Crippen LogP contribution in [0.25, 0.3) is 0 Å². The topological polar surface area (TPSA) is 51.2 Å². The summed E-state index contributed by atoms with van der Waals surface area (Å²) >= 11 is 0. The second-order valence-corrected chi connectivity index (χ2v) is 4.98. The lowest BCUT2D eigenvalue weighted by molar-refractivity contribution is -0.151. The number of carbonyl (C=O) groups excluding carboxylic acids is 1. The molecule has 0 bridgehead atoms. The van der Waals surface area contributed by atoms with Crippen LogP contribution in [0, 0.1) is 11.7 Å². The van der Waals surface area contributed by atoms with Gasteiger partial charge in [-0.15, -0.1) is 0 Å². The summed E-state index contributed by atoms with van der Waals surface area (Å²) in [6.45, 7) is 8.45. The van der Waals surface area contributed by atoms with Gasteiger partial charge in [0, 0.05) is 0 Å². The Morgan fingerprint density at radius 2 is 2.21 bits per heavy atom. The van der Waals surface area contributed by atoms with Gasteiger partial charge in [-0.3, -0.25) is 10.3 Å². The Bertz CT molecular complexity index is 420. The quantitative estimate of drug-likeness (QED) is 0.804. The predicted molar refractivity (Wildman–Crippen MR) is 71.0 cm³/mol. The van der Waals surface area contributed by atoms with Gasteiger partial charge in [0.05, 0.1) is 18.5 Å². The first-order chi connectivity index (χ1) is 8.90. The van der Waals surface area contributed by atoms with Gasteiger partial charge in [-0.05, 0) is 38.4 Å². The number of carbonyl (C=O) groups is 1. The largest absolute Gasteiger partial charge is 0.464 e. The van der Waals surface area contributed by atoms with Crippen LogP contribution in [-0.4, -0.2) is 24.1 Å². The summed E-state index contributed by atoms with van der Waals surface area (Å²) in [6, 6.07) is 2.79.